The van der Waals surface area contributed by atoms with E-state index in [0.717, 1.165) is 5.56 Å². The molecule has 1 aliphatic rings. The zero-order valence-corrected chi connectivity index (χ0v) is 18.0. The number of aliphatic hydroxyl groups is 1. The average molecular weight is 429 g/mol. The van der Waals surface area contributed by atoms with Crippen LogP contribution in [0.3, 0.4) is 0 Å². The van der Waals surface area contributed by atoms with Crippen molar-refractivity contribution in [1.82, 2.24) is 0 Å². The van der Waals surface area contributed by atoms with Gasteiger partial charge in [-0.2, -0.15) is 0 Å². The minimum Gasteiger partial charge on any atom is -0.507 e. The summed E-state index contributed by atoms with van der Waals surface area (Å²) in [5, 5.41) is 11.2. The molecule has 1 unspecified atom stereocenters. The van der Waals surface area contributed by atoms with E-state index in [1.165, 1.54) is 12.0 Å². The van der Waals surface area contributed by atoms with Gasteiger partial charge in [0, 0.05) is 5.56 Å². The van der Waals surface area contributed by atoms with Crippen LogP contribution in [0.25, 0.3) is 5.76 Å². The van der Waals surface area contributed by atoms with E-state index in [9.17, 15) is 14.7 Å². The molecule has 6 heteroatoms. The number of amides is 1. The Morgan fingerprint density at radius 2 is 1.62 bits per heavy atom. The monoisotopic (exact) mass is 429 g/mol. The van der Waals surface area contributed by atoms with E-state index in [1.807, 2.05) is 31.2 Å². The number of ether oxygens (including phenoxy) is 2. The molecule has 0 saturated carbocycles. The number of aryl methyl sites for hydroxylation is 1. The van der Waals surface area contributed by atoms with Crippen LogP contribution in [0.2, 0.25) is 0 Å². The molecule has 0 aliphatic carbocycles. The number of para-hydroxylation sites is 2. The van der Waals surface area contributed by atoms with Crippen LogP contribution < -0.4 is 14.4 Å². The van der Waals surface area contributed by atoms with Crippen molar-refractivity contribution >= 4 is 23.1 Å². The van der Waals surface area contributed by atoms with E-state index in [0.29, 0.717) is 28.3 Å². The van der Waals surface area contributed by atoms with Gasteiger partial charge in [0.15, 0.2) is 0 Å². The van der Waals surface area contributed by atoms with Crippen LogP contribution in [-0.2, 0) is 9.59 Å². The van der Waals surface area contributed by atoms with E-state index in [1.54, 1.807) is 55.6 Å². The molecule has 1 heterocycles. The number of methoxy groups -OCH3 is 2. The van der Waals surface area contributed by atoms with Gasteiger partial charge in [-0.05, 0) is 48.9 Å². The third-order valence-electron chi connectivity index (χ3n) is 5.51. The van der Waals surface area contributed by atoms with Crippen molar-refractivity contribution in [1.29, 1.82) is 0 Å². The highest BCUT2D eigenvalue weighted by atomic mass is 16.5. The molecule has 4 rings (SSSR count). The van der Waals surface area contributed by atoms with Gasteiger partial charge in [0.05, 0.1) is 31.5 Å². The smallest absolute Gasteiger partial charge is 0.300 e. The predicted molar refractivity (Wildman–Crippen MR) is 122 cm³/mol. The van der Waals surface area contributed by atoms with Crippen LogP contribution in [0.1, 0.15) is 22.7 Å². The van der Waals surface area contributed by atoms with Gasteiger partial charge in [0.25, 0.3) is 11.7 Å². The molecule has 1 amide bonds. The number of aliphatic hydroxyl groups excluding tert-OH is 1. The fourth-order valence-corrected chi connectivity index (χ4v) is 3.97. The standard InChI is InChI=1S/C26H23NO5/c1-16-7-6-8-18(15-16)23-22(24(28)17-11-13-19(31-2)14-12-17)25(29)26(30)27(23)20-9-4-5-10-21(20)32-3/h4-15,23,28H,1-3H3/b24-22-. The maximum Gasteiger partial charge on any atom is 0.300 e. The zero-order valence-electron chi connectivity index (χ0n) is 18.0. The second-order valence-electron chi connectivity index (χ2n) is 7.48. The first-order valence-corrected chi connectivity index (χ1v) is 10.1. The van der Waals surface area contributed by atoms with E-state index >= 15 is 0 Å². The van der Waals surface area contributed by atoms with Crippen LogP contribution in [0.15, 0.2) is 78.4 Å². The molecule has 1 atom stereocenters. The first-order chi connectivity index (χ1) is 15.5. The van der Waals surface area contributed by atoms with Crippen molar-refractivity contribution in [2.24, 2.45) is 0 Å². The number of Topliss-reactive ketones (excluding diaryl/α,β-unsaturated/α-hetero) is 1. The highest BCUT2D eigenvalue weighted by Gasteiger charge is 2.47. The number of ketones is 1. The van der Waals surface area contributed by atoms with Gasteiger partial charge in [-0.3, -0.25) is 14.5 Å². The van der Waals surface area contributed by atoms with Crippen LogP contribution in [0, 0.1) is 6.92 Å². The van der Waals surface area contributed by atoms with Crippen molar-refractivity contribution in [3.8, 4) is 11.5 Å². The molecule has 1 aliphatic heterocycles. The lowest BCUT2D eigenvalue weighted by Gasteiger charge is -2.27. The summed E-state index contributed by atoms with van der Waals surface area (Å²) in [6, 6.07) is 20.4. The van der Waals surface area contributed by atoms with Gasteiger partial charge < -0.3 is 14.6 Å². The van der Waals surface area contributed by atoms with E-state index < -0.39 is 17.7 Å². The molecule has 32 heavy (non-hydrogen) atoms. The highest BCUT2D eigenvalue weighted by Crippen LogP contribution is 2.45. The van der Waals surface area contributed by atoms with Crippen LogP contribution in [-0.4, -0.2) is 31.0 Å². The van der Waals surface area contributed by atoms with Gasteiger partial charge in [0.1, 0.15) is 17.3 Å². The summed E-state index contributed by atoms with van der Waals surface area (Å²) in [6.45, 7) is 1.93. The molecular weight excluding hydrogens is 406 g/mol. The van der Waals surface area contributed by atoms with Gasteiger partial charge in [-0.15, -0.1) is 0 Å². The number of rotatable bonds is 5. The fourth-order valence-electron chi connectivity index (χ4n) is 3.97. The summed E-state index contributed by atoms with van der Waals surface area (Å²) in [7, 11) is 3.06. The second-order valence-corrected chi connectivity index (χ2v) is 7.48. The molecule has 3 aromatic rings. The maximum atomic E-state index is 13.2. The Morgan fingerprint density at radius 1 is 0.906 bits per heavy atom. The Hall–Kier alpha value is -4.06. The Labute approximate surface area is 186 Å². The molecule has 1 saturated heterocycles. The number of benzene rings is 3. The number of nitrogens with zero attached hydrogens (tertiary/aromatic N) is 1. The average Bonchev–Trinajstić information content (AvgIpc) is 3.09. The molecule has 1 N–H and O–H groups in total. The van der Waals surface area contributed by atoms with Crippen molar-refractivity contribution in [2.45, 2.75) is 13.0 Å². The normalized spacial score (nSPS) is 17.5. The summed E-state index contributed by atoms with van der Waals surface area (Å²) in [5.41, 5.74) is 2.58. The molecule has 0 aromatic heterocycles. The highest BCUT2D eigenvalue weighted by molar-refractivity contribution is 6.51. The van der Waals surface area contributed by atoms with Gasteiger partial charge >= 0.3 is 0 Å². The molecule has 162 valence electrons. The SMILES string of the molecule is COc1ccc(/C(O)=C2/C(=O)C(=O)N(c3ccccc3OC)C2c2cccc(C)c2)cc1. The van der Waals surface area contributed by atoms with Crippen molar-refractivity contribution in [2.75, 3.05) is 19.1 Å². The number of hydrogen-bond donors (Lipinski definition) is 1. The maximum absolute atomic E-state index is 13.2. The number of anilines is 1. The van der Waals surface area contributed by atoms with Crippen molar-refractivity contribution in [3.63, 3.8) is 0 Å². The topological polar surface area (TPSA) is 76.1 Å². The summed E-state index contributed by atoms with van der Waals surface area (Å²) in [6.07, 6.45) is 0. The Morgan fingerprint density at radius 3 is 2.28 bits per heavy atom. The minimum atomic E-state index is -0.812. The van der Waals surface area contributed by atoms with E-state index in [2.05, 4.69) is 0 Å². The quantitative estimate of drug-likeness (QED) is 0.363. The fraction of sp³-hybridized carbons (Fsp3) is 0.154. The lowest BCUT2D eigenvalue weighted by atomic mass is 9.94. The third-order valence-corrected chi connectivity index (χ3v) is 5.51. The molecular formula is C26H23NO5. The van der Waals surface area contributed by atoms with Crippen LogP contribution >= 0.6 is 0 Å². The second kappa shape index (κ2) is 8.59. The molecule has 0 bridgehead atoms. The molecule has 1 fully saturated rings. The summed E-state index contributed by atoms with van der Waals surface area (Å²) >= 11 is 0. The summed E-state index contributed by atoms with van der Waals surface area (Å²) in [5.74, 6) is -0.649. The Kier molecular flexibility index (Phi) is 5.69. The van der Waals surface area contributed by atoms with Crippen molar-refractivity contribution < 1.29 is 24.2 Å². The van der Waals surface area contributed by atoms with Crippen LogP contribution in [0.5, 0.6) is 11.5 Å². The number of carbonyl (C=O) groups excluding carboxylic acids is 2. The van der Waals surface area contributed by atoms with Gasteiger partial charge in [-0.25, -0.2) is 0 Å². The first-order valence-electron chi connectivity index (χ1n) is 10.1. The number of carbonyl (C=O) groups is 2. The lowest BCUT2D eigenvalue weighted by molar-refractivity contribution is -0.132. The molecule has 3 aromatic carbocycles. The minimum absolute atomic E-state index is 0.0247. The molecule has 0 radical (unpaired) electrons. The van der Waals surface area contributed by atoms with E-state index in [4.69, 9.17) is 9.47 Å². The number of hydrogen-bond acceptors (Lipinski definition) is 5. The van der Waals surface area contributed by atoms with Gasteiger partial charge in [-0.1, -0.05) is 42.0 Å². The summed E-state index contributed by atoms with van der Waals surface area (Å²) < 4.78 is 10.6. The Balaban J connectivity index is 1.96. The largest absolute Gasteiger partial charge is 0.507 e. The molecule has 0 spiro atoms. The van der Waals surface area contributed by atoms with E-state index in [-0.39, 0.29) is 11.3 Å². The van der Waals surface area contributed by atoms with Gasteiger partial charge in [0.2, 0.25) is 0 Å². The third kappa shape index (κ3) is 3.60. The lowest BCUT2D eigenvalue weighted by Crippen LogP contribution is -2.29. The Bertz CT molecular complexity index is 1210. The first kappa shape index (κ1) is 21.2. The molecule has 6 nitrogen and oxygen atoms in total. The summed E-state index contributed by atoms with van der Waals surface area (Å²) in [4.78, 5) is 27.9. The van der Waals surface area contributed by atoms with Crippen molar-refractivity contribution in [3.05, 3.63) is 95.1 Å². The van der Waals surface area contributed by atoms with Crippen LogP contribution in [0.4, 0.5) is 5.69 Å². The zero-order chi connectivity index (χ0) is 22.8. The predicted octanol–water partition coefficient (Wildman–Crippen LogP) is 4.64.